The average molecular weight is 376 g/mol. The van der Waals surface area contributed by atoms with Crippen LogP contribution in [0.4, 0.5) is 0 Å². The Bertz CT molecular complexity index is 700. The minimum atomic E-state index is 0.0355. The largest absolute Gasteiger partial charge is 0.349 e. The molecule has 0 saturated carbocycles. The van der Waals surface area contributed by atoms with E-state index in [1.54, 1.807) is 0 Å². The Balaban J connectivity index is 1.85. The van der Waals surface area contributed by atoms with Gasteiger partial charge in [-0.3, -0.25) is 4.79 Å². The van der Waals surface area contributed by atoms with Crippen LogP contribution in [-0.2, 0) is 0 Å². The van der Waals surface area contributed by atoms with Crippen LogP contribution in [0.1, 0.15) is 34.6 Å². The summed E-state index contributed by atoms with van der Waals surface area (Å²) in [6.45, 7) is 5.99. The summed E-state index contributed by atoms with van der Waals surface area (Å²) in [6.07, 6.45) is 1.99. The molecule has 3 rings (SSSR count). The number of nitrogens with zero attached hydrogens (tertiary/aromatic N) is 1. The van der Waals surface area contributed by atoms with Gasteiger partial charge in [-0.2, -0.15) is 0 Å². The number of hydrogen-bond donors (Lipinski definition) is 2. The van der Waals surface area contributed by atoms with E-state index in [9.17, 15) is 4.79 Å². The van der Waals surface area contributed by atoms with E-state index in [1.165, 1.54) is 0 Å². The van der Waals surface area contributed by atoms with Gasteiger partial charge in [0.15, 0.2) is 0 Å². The zero-order chi connectivity index (χ0) is 16.4. The number of carbonyl (C=O) groups excluding carboxylic acids is 1. The van der Waals surface area contributed by atoms with Gasteiger partial charge in [-0.1, -0.05) is 15.9 Å². The van der Waals surface area contributed by atoms with Crippen LogP contribution >= 0.6 is 15.9 Å². The Hall–Kier alpha value is -1.59. The van der Waals surface area contributed by atoms with Crippen LogP contribution in [0.2, 0.25) is 0 Å². The fraction of sp³-hybridized carbons (Fsp3) is 0.389. The van der Waals surface area contributed by atoms with E-state index in [-0.39, 0.29) is 11.9 Å². The number of aryl methyl sites for hydroxylation is 1. The maximum Gasteiger partial charge on any atom is 0.253 e. The maximum absolute atomic E-state index is 12.6. The summed E-state index contributed by atoms with van der Waals surface area (Å²) in [7, 11) is 0. The molecule has 23 heavy (non-hydrogen) atoms. The molecule has 0 unspecified atom stereocenters. The van der Waals surface area contributed by atoms with Crippen molar-refractivity contribution in [3.8, 4) is 5.69 Å². The van der Waals surface area contributed by atoms with Gasteiger partial charge >= 0.3 is 0 Å². The van der Waals surface area contributed by atoms with Crippen molar-refractivity contribution in [3.63, 3.8) is 0 Å². The second-order valence-corrected chi connectivity index (χ2v) is 7.01. The van der Waals surface area contributed by atoms with E-state index in [0.717, 1.165) is 53.0 Å². The number of hydrogen-bond acceptors (Lipinski definition) is 2. The lowest BCUT2D eigenvalue weighted by molar-refractivity contribution is 0.0929. The third-order valence-electron chi connectivity index (χ3n) is 4.43. The quantitative estimate of drug-likeness (QED) is 0.863. The van der Waals surface area contributed by atoms with E-state index < -0.39 is 0 Å². The van der Waals surface area contributed by atoms with Crippen molar-refractivity contribution in [2.75, 3.05) is 13.1 Å². The summed E-state index contributed by atoms with van der Waals surface area (Å²) in [5.74, 6) is 0.0355. The van der Waals surface area contributed by atoms with Crippen LogP contribution in [0.25, 0.3) is 5.69 Å². The van der Waals surface area contributed by atoms with Crippen molar-refractivity contribution in [3.05, 3.63) is 51.8 Å². The number of amides is 1. The van der Waals surface area contributed by atoms with E-state index in [4.69, 9.17) is 0 Å². The monoisotopic (exact) mass is 375 g/mol. The lowest BCUT2D eigenvalue weighted by Crippen LogP contribution is -2.42. The Kier molecular flexibility index (Phi) is 4.87. The lowest BCUT2D eigenvalue weighted by Gasteiger charge is -2.23. The van der Waals surface area contributed by atoms with Gasteiger partial charge in [0.25, 0.3) is 5.91 Å². The average Bonchev–Trinajstić information content (AvgIpc) is 2.84. The predicted octanol–water partition coefficient (Wildman–Crippen LogP) is 3.34. The van der Waals surface area contributed by atoms with Gasteiger partial charge in [0.05, 0.1) is 5.56 Å². The normalized spacial score (nSPS) is 15.6. The SMILES string of the molecule is Cc1cc(C(=O)NC2CCNCC2)c(C)n1-c1ccc(Br)cc1. The molecule has 0 spiro atoms. The Morgan fingerprint density at radius 2 is 1.87 bits per heavy atom. The van der Waals surface area contributed by atoms with Gasteiger partial charge in [0, 0.05) is 27.6 Å². The van der Waals surface area contributed by atoms with Crippen LogP contribution in [0.15, 0.2) is 34.8 Å². The molecule has 1 saturated heterocycles. The molecule has 0 aliphatic carbocycles. The maximum atomic E-state index is 12.6. The topological polar surface area (TPSA) is 46.1 Å². The molecule has 1 fully saturated rings. The standard InChI is InChI=1S/C18H22BrN3O/c1-12-11-17(18(23)21-15-7-9-20-10-8-15)13(2)22(12)16-5-3-14(19)4-6-16/h3-6,11,15,20H,7-10H2,1-2H3,(H,21,23). The summed E-state index contributed by atoms with van der Waals surface area (Å²) in [6, 6.07) is 10.4. The number of nitrogens with one attached hydrogen (secondary N) is 2. The van der Waals surface area contributed by atoms with Gasteiger partial charge in [-0.15, -0.1) is 0 Å². The first-order chi connectivity index (χ1) is 11.1. The molecule has 1 aromatic heterocycles. The molecule has 0 radical (unpaired) electrons. The first-order valence-corrected chi connectivity index (χ1v) is 8.82. The molecule has 122 valence electrons. The molecule has 2 heterocycles. The zero-order valence-corrected chi connectivity index (χ0v) is 15.1. The fourth-order valence-corrected chi connectivity index (χ4v) is 3.47. The van der Waals surface area contributed by atoms with Crippen molar-refractivity contribution in [1.82, 2.24) is 15.2 Å². The molecule has 4 nitrogen and oxygen atoms in total. The smallest absolute Gasteiger partial charge is 0.253 e. The zero-order valence-electron chi connectivity index (χ0n) is 13.5. The molecule has 1 aliphatic heterocycles. The summed E-state index contributed by atoms with van der Waals surface area (Å²) in [4.78, 5) is 12.6. The van der Waals surface area contributed by atoms with Crippen molar-refractivity contribution in [2.45, 2.75) is 32.7 Å². The third-order valence-corrected chi connectivity index (χ3v) is 4.96. The summed E-state index contributed by atoms with van der Waals surface area (Å²) < 4.78 is 3.18. The van der Waals surface area contributed by atoms with Crippen molar-refractivity contribution in [1.29, 1.82) is 0 Å². The van der Waals surface area contributed by atoms with E-state index in [1.807, 2.05) is 32.0 Å². The van der Waals surface area contributed by atoms with Crippen LogP contribution < -0.4 is 10.6 Å². The number of benzene rings is 1. The highest BCUT2D eigenvalue weighted by Crippen LogP contribution is 2.22. The molecule has 0 bridgehead atoms. The molecule has 1 aromatic carbocycles. The number of aromatic nitrogens is 1. The second kappa shape index (κ2) is 6.89. The van der Waals surface area contributed by atoms with Crippen molar-refractivity contribution >= 4 is 21.8 Å². The lowest BCUT2D eigenvalue weighted by atomic mass is 10.1. The highest BCUT2D eigenvalue weighted by molar-refractivity contribution is 9.10. The highest BCUT2D eigenvalue weighted by Gasteiger charge is 2.20. The molecule has 1 amide bonds. The minimum absolute atomic E-state index is 0.0355. The number of rotatable bonds is 3. The van der Waals surface area contributed by atoms with Gasteiger partial charge in [0.1, 0.15) is 0 Å². The van der Waals surface area contributed by atoms with Crippen LogP contribution in [-0.4, -0.2) is 29.6 Å². The van der Waals surface area contributed by atoms with Crippen LogP contribution in [0.5, 0.6) is 0 Å². The molecular weight excluding hydrogens is 354 g/mol. The Morgan fingerprint density at radius 3 is 2.52 bits per heavy atom. The molecule has 2 N–H and O–H groups in total. The van der Waals surface area contributed by atoms with E-state index >= 15 is 0 Å². The fourth-order valence-electron chi connectivity index (χ4n) is 3.21. The number of carbonyl (C=O) groups is 1. The van der Waals surface area contributed by atoms with Crippen molar-refractivity contribution < 1.29 is 4.79 Å². The Labute approximate surface area is 145 Å². The second-order valence-electron chi connectivity index (χ2n) is 6.09. The molecule has 0 atom stereocenters. The van der Waals surface area contributed by atoms with Gasteiger partial charge in [-0.25, -0.2) is 0 Å². The first kappa shape index (κ1) is 16.3. The van der Waals surface area contributed by atoms with Gasteiger partial charge in [-0.05, 0) is 70.1 Å². The molecule has 1 aliphatic rings. The predicted molar refractivity (Wildman–Crippen MR) is 96.3 cm³/mol. The Morgan fingerprint density at radius 1 is 1.22 bits per heavy atom. The molecule has 5 heteroatoms. The van der Waals surface area contributed by atoms with Crippen LogP contribution in [0, 0.1) is 13.8 Å². The summed E-state index contributed by atoms with van der Waals surface area (Å²) >= 11 is 3.46. The van der Waals surface area contributed by atoms with E-state index in [0.29, 0.717) is 0 Å². The number of halogens is 1. The van der Waals surface area contributed by atoms with Gasteiger partial charge < -0.3 is 15.2 Å². The molecular formula is C18H22BrN3O. The van der Waals surface area contributed by atoms with E-state index in [2.05, 4.69) is 43.3 Å². The van der Waals surface area contributed by atoms with Crippen molar-refractivity contribution in [2.24, 2.45) is 0 Å². The summed E-state index contributed by atoms with van der Waals surface area (Å²) in [5, 5.41) is 6.50. The number of piperidine rings is 1. The third kappa shape index (κ3) is 3.51. The van der Waals surface area contributed by atoms with Crippen LogP contribution in [0.3, 0.4) is 0 Å². The van der Waals surface area contributed by atoms with Gasteiger partial charge in [0.2, 0.25) is 0 Å². The summed E-state index contributed by atoms with van der Waals surface area (Å²) in [5.41, 5.74) is 3.89. The minimum Gasteiger partial charge on any atom is -0.349 e. The first-order valence-electron chi connectivity index (χ1n) is 8.02. The highest BCUT2D eigenvalue weighted by atomic mass is 79.9. The molecule has 2 aromatic rings.